The number of ether oxygens (including phenoxy) is 3. The van der Waals surface area contributed by atoms with Gasteiger partial charge in [-0.05, 0) is 31.9 Å². The van der Waals surface area contributed by atoms with Crippen LogP contribution < -0.4 is 19.7 Å². The molecule has 0 spiro atoms. The molecule has 0 aromatic heterocycles. The number of alkyl carbamates (subject to hydrolysis) is 1. The van der Waals surface area contributed by atoms with Crippen molar-refractivity contribution in [1.29, 1.82) is 0 Å². The molecule has 3 rings (SSSR count). The minimum Gasteiger partial charge on any atom is -0.495 e. The Bertz CT molecular complexity index is 883. The van der Waals surface area contributed by atoms with Gasteiger partial charge in [-0.25, -0.2) is 4.79 Å². The molecule has 1 heterocycles. The van der Waals surface area contributed by atoms with Crippen molar-refractivity contribution < 1.29 is 24.1 Å². The highest BCUT2D eigenvalue weighted by Gasteiger charge is 2.45. The molecule has 7 heteroatoms. The van der Waals surface area contributed by atoms with Crippen LogP contribution in [0.5, 0.6) is 11.5 Å². The summed E-state index contributed by atoms with van der Waals surface area (Å²) in [6, 6.07) is 13.5. The third-order valence-electron chi connectivity index (χ3n) is 5.23. The van der Waals surface area contributed by atoms with Gasteiger partial charge in [-0.2, -0.15) is 0 Å². The molecule has 2 aromatic rings. The van der Waals surface area contributed by atoms with Crippen molar-refractivity contribution >= 4 is 11.8 Å². The molecule has 0 radical (unpaired) electrons. The largest absolute Gasteiger partial charge is 0.495 e. The van der Waals surface area contributed by atoms with E-state index in [4.69, 9.17) is 14.2 Å². The zero-order valence-electron chi connectivity index (χ0n) is 18.1. The van der Waals surface area contributed by atoms with Crippen molar-refractivity contribution in [2.45, 2.75) is 38.1 Å². The second-order valence-electron chi connectivity index (χ2n) is 8.09. The van der Waals surface area contributed by atoms with E-state index in [0.29, 0.717) is 30.0 Å². The predicted octanol–water partition coefficient (Wildman–Crippen LogP) is 3.30. The van der Waals surface area contributed by atoms with Crippen LogP contribution in [0, 0.1) is 0 Å². The number of aliphatic hydroxyl groups excluding tert-OH is 1. The molecule has 30 heavy (non-hydrogen) atoms. The number of fused-ring (bicyclic) bond motifs is 1. The van der Waals surface area contributed by atoms with Crippen molar-refractivity contribution in [2.75, 3.05) is 32.6 Å². The number of carbonyl (C=O) groups is 1. The van der Waals surface area contributed by atoms with E-state index in [-0.39, 0.29) is 0 Å². The Kier molecular flexibility index (Phi) is 6.41. The molecule has 0 bridgehead atoms. The van der Waals surface area contributed by atoms with Crippen molar-refractivity contribution in [3.63, 3.8) is 0 Å². The van der Waals surface area contributed by atoms with E-state index >= 15 is 0 Å². The highest BCUT2D eigenvalue weighted by Crippen LogP contribution is 2.46. The Morgan fingerprint density at radius 1 is 1.23 bits per heavy atom. The van der Waals surface area contributed by atoms with Gasteiger partial charge in [0.1, 0.15) is 23.2 Å². The van der Waals surface area contributed by atoms with Gasteiger partial charge in [0.2, 0.25) is 0 Å². The molecule has 0 saturated carbocycles. The van der Waals surface area contributed by atoms with Gasteiger partial charge in [-0.15, -0.1) is 0 Å². The van der Waals surface area contributed by atoms with Gasteiger partial charge in [0.05, 0.1) is 12.8 Å². The highest BCUT2D eigenvalue weighted by molar-refractivity contribution is 5.69. The Morgan fingerprint density at radius 2 is 1.93 bits per heavy atom. The average molecular weight is 415 g/mol. The quantitative estimate of drug-likeness (QED) is 0.755. The summed E-state index contributed by atoms with van der Waals surface area (Å²) in [6.07, 6.45) is -1.83. The topological polar surface area (TPSA) is 80.3 Å². The first kappa shape index (κ1) is 21.8. The molecule has 0 fully saturated rings. The van der Waals surface area contributed by atoms with E-state index in [1.807, 2.05) is 55.4 Å². The fourth-order valence-electron chi connectivity index (χ4n) is 3.51. The van der Waals surface area contributed by atoms with E-state index in [9.17, 15) is 9.90 Å². The Hall–Kier alpha value is -2.93. The number of aliphatic hydroxyl groups is 1. The maximum Gasteiger partial charge on any atom is 0.407 e. The van der Waals surface area contributed by atoms with Gasteiger partial charge in [-0.3, -0.25) is 0 Å². The summed E-state index contributed by atoms with van der Waals surface area (Å²) in [4.78, 5) is 14.4. The maximum absolute atomic E-state index is 12.5. The van der Waals surface area contributed by atoms with E-state index in [1.165, 1.54) is 0 Å². The van der Waals surface area contributed by atoms with Crippen molar-refractivity contribution in [3.8, 4) is 11.5 Å². The molecule has 0 unspecified atom stereocenters. The van der Waals surface area contributed by atoms with Crippen molar-refractivity contribution in [3.05, 3.63) is 53.6 Å². The number of hydrogen-bond acceptors (Lipinski definition) is 6. The molecule has 2 atom stereocenters. The second kappa shape index (κ2) is 8.83. The third-order valence-corrected chi connectivity index (χ3v) is 5.23. The van der Waals surface area contributed by atoms with Crippen LogP contribution in [-0.2, 0) is 11.2 Å². The summed E-state index contributed by atoms with van der Waals surface area (Å²) in [5.74, 6) is 1.16. The molecular formula is C23H30N2O5. The van der Waals surface area contributed by atoms with Crippen LogP contribution in [0.1, 0.15) is 31.1 Å². The molecular weight excluding hydrogens is 384 g/mol. The van der Waals surface area contributed by atoms with E-state index in [2.05, 4.69) is 5.32 Å². The highest BCUT2D eigenvalue weighted by atomic mass is 16.6. The Morgan fingerprint density at radius 3 is 2.57 bits per heavy atom. The number of benzene rings is 2. The number of anilines is 1. The fraction of sp³-hybridized carbons (Fsp3) is 0.435. The smallest absolute Gasteiger partial charge is 0.407 e. The first-order chi connectivity index (χ1) is 14.2. The summed E-state index contributed by atoms with van der Waals surface area (Å²) in [5, 5.41) is 13.6. The first-order valence-corrected chi connectivity index (χ1v) is 9.97. The van der Waals surface area contributed by atoms with Gasteiger partial charge in [0, 0.05) is 32.3 Å². The molecule has 7 nitrogen and oxygen atoms in total. The molecule has 1 amide bonds. The summed E-state index contributed by atoms with van der Waals surface area (Å²) < 4.78 is 17.2. The summed E-state index contributed by atoms with van der Waals surface area (Å²) >= 11 is 0. The summed E-state index contributed by atoms with van der Waals surface area (Å²) in [7, 11) is 5.38. The van der Waals surface area contributed by atoms with Gasteiger partial charge < -0.3 is 29.5 Å². The lowest BCUT2D eigenvalue weighted by molar-refractivity contribution is -0.113. The number of carbonyl (C=O) groups excluding carboxylic acids is 1. The van der Waals surface area contributed by atoms with Crippen LogP contribution in [0.2, 0.25) is 0 Å². The normalized spacial score (nSPS) is 19.3. The van der Waals surface area contributed by atoms with E-state index in [0.717, 1.165) is 11.3 Å². The van der Waals surface area contributed by atoms with Crippen LogP contribution in [-0.4, -0.2) is 50.7 Å². The zero-order chi connectivity index (χ0) is 21.9. The number of nitrogens with one attached hydrogen (secondary N) is 1. The van der Waals surface area contributed by atoms with Crippen LogP contribution in [0.3, 0.4) is 0 Å². The van der Waals surface area contributed by atoms with Gasteiger partial charge in [-0.1, -0.05) is 30.3 Å². The van der Waals surface area contributed by atoms with Gasteiger partial charge in [0.25, 0.3) is 0 Å². The van der Waals surface area contributed by atoms with E-state index < -0.39 is 23.9 Å². The number of nitrogens with zero attached hydrogens (tertiary/aromatic N) is 1. The first-order valence-electron chi connectivity index (χ1n) is 9.97. The van der Waals surface area contributed by atoms with E-state index in [1.54, 1.807) is 27.0 Å². The predicted molar refractivity (Wildman–Crippen MR) is 115 cm³/mol. The molecule has 2 aromatic carbocycles. The molecule has 2 N–H and O–H groups in total. The lowest BCUT2D eigenvalue weighted by Gasteiger charge is -2.41. The number of amides is 1. The molecule has 0 aliphatic carbocycles. The van der Waals surface area contributed by atoms with Crippen LogP contribution in [0.15, 0.2) is 42.5 Å². The van der Waals surface area contributed by atoms with Gasteiger partial charge >= 0.3 is 6.09 Å². The fourth-order valence-corrected chi connectivity index (χ4v) is 3.51. The number of rotatable bonds is 6. The molecule has 1 aliphatic rings. The second-order valence-corrected chi connectivity index (χ2v) is 8.09. The zero-order valence-corrected chi connectivity index (χ0v) is 18.1. The number of hydrogen-bond donors (Lipinski definition) is 2. The molecule has 1 aliphatic heterocycles. The molecule has 162 valence electrons. The minimum absolute atomic E-state index is 0.432. The summed E-state index contributed by atoms with van der Waals surface area (Å²) in [6.45, 7) is 3.97. The van der Waals surface area contributed by atoms with Crippen LogP contribution in [0.4, 0.5) is 10.5 Å². The van der Waals surface area contributed by atoms with Crippen LogP contribution in [0.25, 0.3) is 0 Å². The SMILES string of the molecule is COc1cc2c(cc1N(C)C)OC(C)(C)[C@H](O)[C@H]2OC(=O)NCCc1ccccc1. The monoisotopic (exact) mass is 414 g/mol. The minimum atomic E-state index is -1.04. The lowest BCUT2D eigenvalue weighted by Crippen LogP contribution is -2.50. The van der Waals surface area contributed by atoms with Gasteiger partial charge in [0.15, 0.2) is 6.10 Å². The van der Waals surface area contributed by atoms with Crippen molar-refractivity contribution in [1.82, 2.24) is 5.32 Å². The third kappa shape index (κ3) is 4.62. The Balaban J connectivity index is 1.78. The summed E-state index contributed by atoms with van der Waals surface area (Å²) in [5.41, 5.74) is 1.59. The number of methoxy groups -OCH3 is 1. The van der Waals surface area contributed by atoms with Crippen molar-refractivity contribution in [2.24, 2.45) is 0 Å². The average Bonchev–Trinajstić information content (AvgIpc) is 2.71. The lowest BCUT2D eigenvalue weighted by atomic mass is 9.88. The van der Waals surface area contributed by atoms with Crippen LogP contribution >= 0.6 is 0 Å². The standard InChI is InChI=1S/C23H30N2O5/c1-23(2)21(26)20(29-22(27)24-12-11-15-9-7-6-8-10-15)16-13-19(28-5)17(25(3)4)14-18(16)30-23/h6-10,13-14,20-21,26H,11-12H2,1-5H3,(H,24,27)/t20-,21+/m0/s1. The Labute approximate surface area is 177 Å². The molecule has 0 saturated heterocycles. The maximum atomic E-state index is 12.5.